The van der Waals surface area contributed by atoms with Gasteiger partial charge < -0.3 is 24.4 Å². The summed E-state index contributed by atoms with van der Waals surface area (Å²) in [6, 6.07) is 0. The zero-order chi connectivity index (χ0) is 26.2. The van der Waals surface area contributed by atoms with Gasteiger partial charge in [-0.2, -0.15) is 0 Å². The highest BCUT2D eigenvalue weighted by Gasteiger charge is 2.79. The van der Waals surface area contributed by atoms with E-state index in [1.807, 2.05) is 6.92 Å². The van der Waals surface area contributed by atoms with Gasteiger partial charge in [-0.05, 0) is 29.7 Å². The molecule has 194 valence electrons. The smallest absolute Gasteiger partial charge is 0.303 e. The number of hydrogen-bond donors (Lipinski definition) is 2. The first-order valence-corrected chi connectivity index (χ1v) is 12.2. The molecule has 4 fully saturated rings. The second-order valence-electron chi connectivity index (χ2n) is 11.7. The van der Waals surface area contributed by atoms with Crippen molar-refractivity contribution in [3.05, 3.63) is 12.2 Å². The molecule has 7 unspecified atom stereocenters. The third kappa shape index (κ3) is 3.41. The molecule has 0 aliphatic heterocycles. The average molecular weight is 493 g/mol. The van der Waals surface area contributed by atoms with Gasteiger partial charge in [-0.1, -0.05) is 27.4 Å². The Bertz CT molecular complexity index is 985. The van der Waals surface area contributed by atoms with Crippen molar-refractivity contribution < 1.29 is 43.6 Å². The number of aliphatic hydroxyl groups is 2. The highest BCUT2D eigenvalue weighted by atomic mass is 16.6. The minimum Gasteiger partial charge on any atom is -0.462 e. The molecule has 0 saturated heterocycles. The van der Waals surface area contributed by atoms with Crippen LogP contribution in [0.3, 0.4) is 0 Å². The molecule has 0 radical (unpaired) electrons. The van der Waals surface area contributed by atoms with E-state index < -0.39 is 76.5 Å². The molecule has 0 heterocycles. The lowest BCUT2D eigenvalue weighted by atomic mass is 9.37. The molecule has 4 saturated carbocycles. The molecule has 0 aromatic rings. The number of rotatable bonds is 3. The number of ketones is 1. The number of ether oxygens (including phenoxy) is 3. The monoisotopic (exact) mass is 492 g/mol. The van der Waals surface area contributed by atoms with E-state index in [2.05, 4.69) is 6.58 Å². The Morgan fingerprint density at radius 1 is 0.914 bits per heavy atom. The lowest BCUT2D eigenvalue weighted by Crippen LogP contribution is -2.76. The number of allylic oxidation sites excluding steroid dienone is 1. The number of carbonyl (C=O) groups is 4. The molecule has 2 bridgehead atoms. The van der Waals surface area contributed by atoms with Crippen LogP contribution >= 0.6 is 0 Å². The van der Waals surface area contributed by atoms with Gasteiger partial charge in [0, 0.05) is 44.4 Å². The number of fused-ring (bicyclic) bond motifs is 3. The summed E-state index contributed by atoms with van der Waals surface area (Å²) in [5.41, 5.74) is -3.07. The summed E-state index contributed by atoms with van der Waals surface area (Å²) in [4.78, 5) is 50.6. The van der Waals surface area contributed by atoms with Gasteiger partial charge in [0.15, 0.2) is 5.78 Å². The first-order valence-electron chi connectivity index (χ1n) is 12.2. The lowest BCUT2D eigenvalue weighted by molar-refractivity contribution is -0.307. The van der Waals surface area contributed by atoms with E-state index in [-0.39, 0.29) is 24.5 Å². The quantitative estimate of drug-likeness (QED) is 0.343. The zero-order valence-corrected chi connectivity index (χ0v) is 21.2. The zero-order valence-electron chi connectivity index (χ0n) is 21.2. The summed E-state index contributed by atoms with van der Waals surface area (Å²) in [6.07, 6.45) is -4.48. The van der Waals surface area contributed by atoms with Crippen molar-refractivity contribution in [3.8, 4) is 0 Å². The van der Waals surface area contributed by atoms with E-state index >= 15 is 0 Å². The normalized spacial score (nSPS) is 45.7. The Hall–Kier alpha value is -2.26. The number of Topliss-reactive ketones (excluding diaryl/α,β-unsaturated/α-hetero) is 1. The maximum atomic E-state index is 14.0. The first-order chi connectivity index (χ1) is 16.1. The summed E-state index contributed by atoms with van der Waals surface area (Å²) in [5.74, 6) is -3.89. The van der Waals surface area contributed by atoms with Crippen LogP contribution in [0.4, 0.5) is 0 Å². The summed E-state index contributed by atoms with van der Waals surface area (Å²) < 4.78 is 17.3. The van der Waals surface area contributed by atoms with Crippen molar-refractivity contribution >= 4 is 23.7 Å². The van der Waals surface area contributed by atoms with Crippen molar-refractivity contribution in [3.63, 3.8) is 0 Å². The van der Waals surface area contributed by atoms with Gasteiger partial charge in [0.2, 0.25) is 0 Å². The Kier molecular flexibility index (Phi) is 6.00. The molecule has 4 aliphatic rings. The van der Waals surface area contributed by atoms with Gasteiger partial charge in [0.05, 0.1) is 17.6 Å². The molecule has 0 aromatic carbocycles. The average Bonchev–Trinajstić information content (AvgIpc) is 2.90. The third-order valence-electron chi connectivity index (χ3n) is 9.44. The fourth-order valence-electron chi connectivity index (χ4n) is 8.44. The fraction of sp³-hybridized carbons (Fsp3) is 0.769. The van der Waals surface area contributed by atoms with Crippen LogP contribution in [0.2, 0.25) is 0 Å². The molecule has 35 heavy (non-hydrogen) atoms. The Morgan fingerprint density at radius 3 is 2.03 bits per heavy atom. The molecule has 0 amide bonds. The predicted molar refractivity (Wildman–Crippen MR) is 121 cm³/mol. The van der Waals surface area contributed by atoms with E-state index in [0.29, 0.717) is 12.0 Å². The predicted octanol–water partition coefficient (Wildman–Crippen LogP) is 1.72. The summed E-state index contributed by atoms with van der Waals surface area (Å²) in [5, 5.41) is 23.0. The molecule has 4 aliphatic carbocycles. The van der Waals surface area contributed by atoms with Crippen LogP contribution in [0.25, 0.3) is 0 Å². The minimum atomic E-state index is -1.41. The van der Waals surface area contributed by atoms with Crippen LogP contribution in [-0.2, 0) is 33.4 Å². The molecule has 4 rings (SSSR count). The van der Waals surface area contributed by atoms with E-state index in [1.54, 1.807) is 13.8 Å². The van der Waals surface area contributed by atoms with Gasteiger partial charge in [0.25, 0.3) is 0 Å². The van der Waals surface area contributed by atoms with Crippen LogP contribution < -0.4 is 0 Å². The summed E-state index contributed by atoms with van der Waals surface area (Å²) in [6.45, 7) is 13.2. The van der Waals surface area contributed by atoms with Crippen molar-refractivity contribution in [1.29, 1.82) is 0 Å². The van der Waals surface area contributed by atoms with Gasteiger partial charge in [-0.3, -0.25) is 19.2 Å². The van der Waals surface area contributed by atoms with E-state index in [1.165, 1.54) is 20.8 Å². The molecule has 1 spiro atoms. The number of carbonyl (C=O) groups excluding carboxylic acids is 4. The van der Waals surface area contributed by atoms with Gasteiger partial charge in [0.1, 0.15) is 18.3 Å². The van der Waals surface area contributed by atoms with Crippen molar-refractivity contribution in [2.24, 2.45) is 34.0 Å². The third-order valence-corrected chi connectivity index (χ3v) is 9.44. The lowest BCUT2D eigenvalue weighted by Gasteiger charge is -2.69. The maximum Gasteiger partial charge on any atom is 0.303 e. The topological polar surface area (TPSA) is 136 Å². The van der Waals surface area contributed by atoms with Gasteiger partial charge in [-0.25, -0.2) is 0 Å². The van der Waals surface area contributed by atoms with Crippen molar-refractivity contribution in [2.75, 3.05) is 0 Å². The second-order valence-corrected chi connectivity index (χ2v) is 11.7. The Labute approximate surface area is 205 Å². The molecular weight excluding hydrogens is 456 g/mol. The summed E-state index contributed by atoms with van der Waals surface area (Å²) >= 11 is 0. The SMILES string of the molecule is C=C1C(=O)C23CC1CC(OC(C)=O)C2C1(C)C(OC(C)=O)C[C@H](O)C(C)(C)[C@H]1C(O)[C@@H]3OC(C)=O. The van der Waals surface area contributed by atoms with Crippen LogP contribution in [-0.4, -0.2) is 64.4 Å². The van der Waals surface area contributed by atoms with Gasteiger partial charge in [-0.15, -0.1) is 0 Å². The summed E-state index contributed by atoms with van der Waals surface area (Å²) in [7, 11) is 0. The number of aliphatic hydroxyl groups excluding tert-OH is 2. The minimum absolute atomic E-state index is 0.0858. The molecule has 0 aromatic heterocycles. The highest BCUT2D eigenvalue weighted by molar-refractivity contribution is 6.04. The van der Waals surface area contributed by atoms with E-state index in [0.717, 1.165) is 0 Å². The van der Waals surface area contributed by atoms with Crippen molar-refractivity contribution in [2.45, 2.75) is 91.3 Å². The van der Waals surface area contributed by atoms with E-state index in [4.69, 9.17) is 14.2 Å². The second kappa shape index (κ2) is 8.13. The standard InChI is InChI=1S/C26H36O9/c1-11-15-8-16(33-12(2)27)20-25(7)18(34-13(3)28)9-17(30)24(5,6)21(25)19(31)23(35-14(4)29)26(20,10-15)22(11)32/h15-21,23,30-31H,1,8-10H2,2-7H3/t15?,16?,17-,18?,19?,20?,21+,23-,25?,26?/m0/s1. The molecule has 9 nitrogen and oxygen atoms in total. The molecular formula is C26H36O9. The number of hydrogen-bond acceptors (Lipinski definition) is 9. The van der Waals surface area contributed by atoms with E-state index in [9.17, 15) is 29.4 Å². The fourth-order valence-corrected chi connectivity index (χ4v) is 8.44. The Balaban J connectivity index is 2.03. The van der Waals surface area contributed by atoms with Crippen LogP contribution in [0.1, 0.15) is 60.8 Å². The van der Waals surface area contributed by atoms with Crippen LogP contribution in [0.15, 0.2) is 12.2 Å². The highest BCUT2D eigenvalue weighted by Crippen LogP contribution is 2.72. The Morgan fingerprint density at radius 2 is 1.49 bits per heavy atom. The van der Waals surface area contributed by atoms with Gasteiger partial charge >= 0.3 is 17.9 Å². The molecule has 9 heteroatoms. The van der Waals surface area contributed by atoms with Crippen molar-refractivity contribution in [1.82, 2.24) is 0 Å². The largest absolute Gasteiger partial charge is 0.462 e. The first kappa shape index (κ1) is 25.8. The number of esters is 3. The molecule has 10 atom stereocenters. The van der Waals surface area contributed by atoms with Crippen LogP contribution in [0.5, 0.6) is 0 Å². The molecule has 2 N–H and O–H groups in total. The van der Waals surface area contributed by atoms with Crippen LogP contribution in [0, 0.1) is 34.0 Å². The maximum absolute atomic E-state index is 14.0.